The van der Waals surface area contributed by atoms with E-state index >= 15 is 0 Å². The Kier molecular flexibility index (Phi) is 4.21. The van der Waals surface area contributed by atoms with E-state index in [0.29, 0.717) is 12.4 Å². The van der Waals surface area contributed by atoms with Crippen molar-refractivity contribution in [2.75, 3.05) is 17.7 Å². The molecule has 1 aromatic carbocycles. The van der Waals surface area contributed by atoms with Gasteiger partial charge in [0.1, 0.15) is 10.8 Å². The van der Waals surface area contributed by atoms with Crippen molar-refractivity contribution in [2.45, 2.75) is 38.3 Å². The molecule has 1 fully saturated rings. The first-order valence-electron chi connectivity index (χ1n) is 8.56. The molecule has 1 aliphatic heterocycles. The number of ether oxygens (including phenoxy) is 2. The standard InChI is InChI=1S/C19H21N3O2S/c1-23-16-7-6-13(8-17(16)24-14-4-2-3-5-14)22-11-12-10-21-18(20)9-15(12)19(22)25/h6-10,14H,2-5,11H2,1H3,(H2,20,21). The first kappa shape index (κ1) is 16.1. The van der Waals surface area contributed by atoms with Crippen molar-refractivity contribution < 1.29 is 9.47 Å². The lowest BCUT2D eigenvalue weighted by Gasteiger charge is -2.21. The second kappa shape index (κ2) is 6.52. The van der Waals surface area contributed by atoms with Crippen LogP contribution in [0.15, 0.2) is 30.5 Å². The van der Waals surface area contributed by atoms with Crippen LogP contribution in [0, 0.1) is 0 Å². The van der Waals surface area contributed by atoms with Crippen LogP contribution >= 0.6 is 12.2 Å². The summed E-state index contributed by atoms with van der Waals surface area (Å²) in [6.45, 7) is 0.691. The van der Waals surface area contributed by atoms with E-state index in [1.54, 1.807) is 13.3 Å². The number of nitrogen functional groups attached to an aromatic ring is 1. The summed E-state index contributed by atoms with van der Waals surface area (Å²) >= 11 is 5.66. The van der Waals surface area contributed by atoms with Gasteiger partial charge in [0.2, 0.25) is 0 Å². The van der Waals surface area contributed by atoms with Gasteiger partial charge in [0.05, 0.1) is 19.8 Å². The number of thiocarbonyl (C=S) groups is 1. The van der Waals surface area contributed by atoms with Gasteiger partial charge in [-0.1, -0.05) is 12.2 Å². The van der Waals surface area contributed by atoms with Gasteiger partial charge in [-0.3, -0.25) is 0 Å². The molecule has 0 amide bonds. The molecule has 2 aliphatic rings. The fourth-order valence-electron chi connectivity index (χ4n) is 3.53. The molecule has 2 N–H and O–H groups in total. The molecule has 0 radical (unpaired) electrons. The molecule has 4 rings (SSSR count). The SMILES string of the molecule is COc1ccc(N2Cc3cnc(N)cc3C2=S)cc1OC1CCCC1. The number of rotatable bonds is 4. The van der Waals surface area contributed by atoms with Gasteiger partial charge in [0.15, 0.2) is 11.5 Å². The Bertz CT molecular complexity index is 818. The number of hydrogen-bond acceptors (Lipinski definition) is 5. The molecule has 25 heavy (non-hydrogen) atoms. The molecule has 2 aromatic rings. The number of benzene rings is 1. The number of aromatic nitrogens is 1. The molecule has 0 spiro atoms. The zero-order valence-corrected chi connectivity index (χ0v) is 15.0. The number of nitrogens with zero attached hydrogens (tertiary/aromatic N) is 2. The average molecular weight is 355 g/mol. The Morgan fingerprint density at radius 2 is 2.00 bits per heavy atom. The van der Waals surface area contributed by atoms with E-state index in [0.717, 1.165) is 46.1 Å². The molecule has 0 bridgehead atoms. The van der Waals surface area contributed by atoms with Crippen LogP contribution in [0.4, 0.5) is 11.5 Å². The number of hydrogen-bond donors (Lipinski definition) is 1. The van der Waals surface area contributed by atoms with E-state index < -0.39 is 0 Å². The lowest BCUT2D eigenvalue weighted by molar-refractivity contribution is 0.201. The summed E-state index contributed by atoms with van der Waals surface area (Å²) in [5.41, 5.74) is 8.87. The van der Waals surface area contributed by atoms with Crippen molar-refractivity contribution in [3.05, 3.63) is 41.6 Å². The summed E-state index contributed by atoms with van der Waals surface area (Å²) in [5.74, 6) is 2.02. The van der Waals surface area contributed by atoms with E-state index in [-0.39, 0.29) is 6.10 Å². The molecule has 1 aliphatic carbocycles. The van der Waals surface area contributed by atoms with Crippen LogP contribution in [-0.2, 0) is 6.54 Å². The molecule has 0 unspecified atom stereocenters. The number of nitrogens with two attached hydrogens (primary N) is 1. The van der Waals surface area contributed by atoms with Crippen LogP contribution in [0.1, 0.15) is 36.8 Å². The van der Waals surface area contributed by atoms with Crippen LogP contribution in [0.3, 0.4) is 0 Å². The summed E-state index contributed by atoms with van der Waals surface area (Å²) in [5, 5.41) is 0. The van der Waals surface area contributed by atoms with E-state index in [1.807, 2.05) is 24.3 Å². The minimum atomic E-state index is 0.274. The fourth-order valence-corrected chi connectivity index (χ4v) is 3.89. The molecule has 2 heterocycles. The van der Waals surface area contributed by atoms with Crippen LogP contribution < -0.4 is 20.1 Å². The minimum Gasteiger partial charge on any atom is -0.493 e. The molecule has 0 atom stereocenters. The highest BCUT2D eigenvalue weighted by Gasteiger charge is 2.27. The van der Waals surface area contributed by atoms with Crippen LogP contribution in [0.5, 0.6) is 11.5 Å². The Morgan fingerprint density at radius 1 is 1.20 bits per heavy atom. The van der Waals surface area contributed by atoms with Crippen molar-refractivity contribution in [1.82, 2.24) is 4.98 Å². The third-order valence-electron chi connectivity index (χ3n) is 4.87. The summed E-state index contributed by atoms with van der Waals surface area (Å²) in [4.78, 5) is 7.02. The summed E-state index contributed by atoms with van der Waals surface area (Å²) in [6.07, 6.45) is 6.74. The van der Waals surface area contributed by atoms with Crippen molar-refractivity contribution >= 4 is 28.7 Å². The van der Waals surface area contributed by atoms with Gasteiger partial charge < -0.3 is 20.1 Å². The van der Waals surface area contributed by atoms with Gasteiger partial charge in [0.25, 0.3) is 0 Å². The van der Waals surface area contributed by atoms with Crippen molar-refractivity contribution in [2.24, 2.45) is 0 Å². The van der Waals surface area contributed by atoms with E-state index in [1.165, 1.54) is 12.8 Å². The molecule has 130 valence electrons. The molecular formula is C19H21N3O2S. The first-order chi connectivity index (χ1) is 12.2. The van der Waals surface area contributed by atoms with Crippen molar-refractivity contribution in [1.29, 1.82) is 0 Å². The predicted molar refractivity (Wildman–Crippen MR) is 102 cm³/mol. The molecule has 6 heteroatoms. The predicted octanol–water partition coefficient (Wildman–Crippen LogP) is 3.69. The maximum absolute atomic E-state index is 6.20. The molecule has 0 saturated heterocycles. The number of pyridine rings is 1. The van der Waals surface area contributed by atoms with Crippen molar-refractivity contribution in [3.8, 4) is 11.5 Å². The second-order valence-corrected chi connectivity index (χ2v) is 6.90. The Labute approximate surface area is 152 Å². The molecule has 5 nitrogen and oxygen atoms in total. The normalized spacial score (nSPS) is 17.0. The third kappa shape index (κ3) is 3.02. The summed E-state index contributed by atoms with van der Waals surface area (Å²) in [7, 11) is 1.67. The lowest BCUT2D eigenvalue weighted by atomic mass is 10.2. The van der Waals surface area contributed by atoms with Crippen LogP contribution in [-0.4, -0.2) is 23.2 Å². The van der Waals surface area contributed by atoms with Gasteiger partial charge in [-0.25, -0.2) is 4.98 Å². The zero-order chi connectivity index (χ0) is 17.4. The number of fused-ring (bicyclic) bond motifs is 1. The quantitative estimate of drug-likeness (QED) is 0.844. The first-order valence-corrected chi connectivity index (χ1v) is 8.97. The highest BCUT2D eigenvalue weighted by atomic mass is 32.1. The molecule has 1 aromatic heterocycles. The third-order valence-corrected chi connectivity index (χ3v) is 5.31. The minimum absolute atomic E-state index is 0.274. The topological polar surface area (TPSA) is 60.6 Å². The monoisotopic (exact) mass is 355 g/mol. The molecular weight excluding hydrogens is 334 g/mol. The maximum Gasteiger partial charge on any atom is 0.163 e. The van der Waals surface area contributed by atoms with E-state index in [9.17, 15) is 0 Å². The van der Waals surface area contributed by atoms with Crippen LogP contribution in [0.2, 0.25) is 0 Å². The maximum atomic E-state index is 6.20. The zero-order valence-electron chi connectivity index (χ0n) is 14.2. The highest BCUT2D eigenvalue weighted by Crippen LogP contribution is 2.37. The van der Waals surface area contributed by atoms with Crippen LogP contribution in [0.25, 0.3) is 0 Å². The second-order valence-electron chi connectivity index (χ2n) is 6.52. The summed E-state index contributed by atoms with van der Waals surface area (Å²) < 4.78 is 11.7. The van der Waals surface area contributed by atoms with Gasteiger partial charge in [0, 0.05) is 29.1 Å². The lowest BCUT2D eigenvalue weighted by Crippen LogP contribution is -2.22. The Balaban J connectivity index is 1.63. The fraction of sp³-hybridized carbons (Fsp3) is 0.368. The van der Waals surface area contributed by atoms with Gasteiger partial charge in [-0.15, -0.1) is 0 Å². The number of methoxy groups -OCH3 is 1. The molecule has 1 saturated carbocycles. The van der Waals surface area contributed by atoms with E-state index in [4.69, 9.17) is 27.4 Å². The number of anilines is 2. The smallest absolute Gasteiger partial charge is 0.163 e. The van der Waals surface area contributed by atoms with Gasteiger partial charge in [-0.2, -0.15) is 0 Å². The summed E-state index contributed by atoms with van der Waals surface area (Å²) in [6, 6.07) is 7.82. The highest BCUT2D eigenvalue weighted by molar-refractivity contribution is 7.81. The van der Waals surface area contributed by atoms with Gasteiger partial charge in [-0.05, 0) is 43.9 Å². The van der Waals surface area contributed by atoms with Crippen molar-refractivity contribution in [3.63, 3.8) is 0 Å². The Morgan fingerprint density at radius 3 is 2.76 bits per heavy atom. The van der Waals surface area contributed by atoms with Gasteiger partial charge >= 0.3 is 0 Å². The van der Waals surface area contributed by atoms with E-state index in [2.05, 4.69) is 9.88 Å². The Hall–Kier alpha value is -2.34. The largest absolute Gasteiger partial charge is 0.493 e. The average Bonchev–Trinajstić information content (AvgIpc) is 3.23.